The van der Waals surface area contributed by atoms with E-state index in [1.807, 2.05) is 34.9 Å². The summed E-state index contributed by atoms with van der Waals surface area (Å²) >= 11 is 4.72. The molecule has 1 aliphatic carbocycles. The maximum absolute atomic E-state index is 13.7. The van der Waals surface area contributed by atoms with Crippen molar-refractivity contribution >= 4 is 39.0 Å². The fourth-order valence-electron chi connectivity index (χ4n) is 4.67. The highest BCUT2D eigenvalue weighted by Gasteiger charge is 2.32. The van der Waals surface area contributed by atoms with Gasteiger partial charge in [-0.15, -0.1) is 0 Å². The van der Waals surface area contributed by atoms with Crippen LogP contribution >= 0.6 is 27.3 Å². The summed E-state index contributed by atoms with van der Waals surface area (Å²) in [7, 11) is 1.66. The van der Waals surface area contributed by atoms with E-state index >= 15 is 0 Å². The van der Waals surface area contributed by atoms with Gasteiger partial charge in [0.2, 0.25) is 0 Å². The van der Waals surface area contributed by atoms with Gasteiger partial charge >= 0.3 is 0 Å². The van der Waals surface area contributed by atoms with Crippen molar-refractivity contribution in [1.82, 2.24) is 4.57 Å². The molecular formula is C26H19BrN2O3S. The molecule has 1 atom stereocenters. The number of ether oxygens (including phenoxy) is 1. The normalized spacial score (nSPS) is 17.3. The Hall–Kier alpha value is -3.16. The first-order chi connectivity index (χ1) is 16.1. The molecule has 0 unspecified atom stereocenters. The highest BCUT2D eigenvalue weighted by molar-refractivity contribution is 9.10. The number of aromatic nitrogens is 1. The van der Waals surface area contributed by atoms with E-state index in [1.165, 1.54) is 22.5 Å². The van der Waals surface area contributed by atoms with Crippen LogP contribution in [0.1, 0.15) is 34.9 Å². The van der Waals surface area contributed by atoms with E-state index < -0.39 is 0 Å². The fourth-order valence-corrected chi connectivity index (χ4v) is 5.97. The van der Waals surface area contributed by atoms with Gasteiger partial charge in [-0.2, -0.15) is 0 Å². The van der Waals surface area contributed by atoms with Gasteiger partial charge in [-0.25, -0.2) is 4.99 Å². The number of benzene rings is 2. The number of allylic oxidation sites excluding steroid dienone is 1. The molecule has 0 saturated carbocycles. The van der Waals surface area contributed by atoms with E-state index in [-0.39, 0.29) is 11.6 Å². The number of halogens is 1. The van der Waals surface area contributed by atoms with Gasteiger partial charge in [0.25, 0.3) is 5.56 Å². The molecule has 5 nitrogen and oxygen atoms in total. The first-order valence-electron chi connectivity index (χ1n) is 10.6. The van der Waals surface area contributed by atoms with Crippen molar-refractivity contribution in [2.45, 2.75) is 18.9 Å². The van der Waals surface area contributed by atoms with E-state index in [0.29, 0.717) is 19.8 Å². The lowest BCUT2D eigenvalue weighted by Gasteiger charge is -2.31. The molecule has 0 spiro atoms. The number of hydrogen-bond acceptors (Lipinski definition) is 5. The van der Waals surface area contributed by atoms with Gasteiger partial charge in [-0.1, -0.05) is 47.7 Å². The number of furan rings is 1. The first kappa shape index (κ1) is 20.4. The second-order valence-corrected chi connectivity index (χ2v) is 9.82. The van der Waals surface area contributed by atoms with Crippen molar-refractivity contribution in [2.24, 2.45) is 4.99 Å². The average molecular weight is 519 g/mol. The minimum atomic E-state index is -0.231. The third kappa shape index (κ3) is 3.43. The van der Waals surface area contributed by atoms with Crippen molar-refractivity contribution in [3.63, 3.8) is 0 Å². The van der Waals surface area contributed by atoms with E-state index in [2.05, 4.69) is 46.3 Å². The van der Waals surface area contributed by atoms with Crippen LogP contribution in [0, 0.1) is 0 Å². The molecule has 0 radical (unpaired) electrons. The standard InChI is InChI=1S/C26H19BrN2O3S/c1-31-17-7-4-6-16(13-17)24-20-11-9-15-5-2-3-8-19(15)23(20)28-26-29(24)25(30)21(33-26)14-18-10-12-22(27)32-18/h2-8,10,12-14,24H,9,11H2,1H3/b21-14+/t24-/m0/s1. The van der Waals surface area contributed by atoms with Crippen LogP contribution in [0.15, 0.2) is 85.1 Å². The van der Waals surface area contributed by atoms with Gasteiger partial charge < -0.3 is 9.15 Å². The van der Waals surface area contributed by atoms with Crippen LogP contribution < -0.4 is 19.6 Å². The largest absolute Gasteiger partial charge is 0.497 e. The summed E-state index contributed by atoms with van der Waals surface area (Å²) in [6.07, 6.45) is 3.57. The van der Waals surface area contributed by atoms with Gasteiger partial charge in [-0.3, -0.25) is 9.36 Å². The molecule has 4 aromatic rings. The molecule has 0 N–H and O–H groups in total. The summed E-state index contributed by atoms with van der Waals surface area (Å²) in [5.74, 6) is 1.39. The van der Waals surface area contributed by atoms with E-state index in [9.17, 15) is 4.79 Å². The predicted molar refractivity (Wildman–Crippen MR) is 132 cm³/mol. The molecule has 3 heterocycles. The Morgan fingerprint density at radius 3 is 2.85 bits per heavy atom. The van der Waals surface area contributed by atoms with E-state index in [1.54, 1.807) is 13.2 Å². The van der Waals surface area contributed by atoms with Gasteiger partial charge in [0.05, 0.1) is 23.4 Å². The number of methoxy groups -OCH3 is 1. The quantitative estimate of drug-likeness (QED) is 0.395. The van der Waals surface area contributed by atoms with Crippen LogP contribution in [-0.4, -0.2) is 11.7 Å². The molecule has 0 bridgehead atoms. The Bertz CT molecular complexity index is 1610. The molecule has 33 heavy (non-hydrogen) atoms. The molecular weight excluding hydrogens is 500 g/mol. The van der Waals surface area contributed by atoms with Gasteiger partial charge in [0.1, 0.15) is 11.5 Å². The number of thiazole rings is 1. The molecule has 6 rings (SSSR count). The third-order valence-electron chi connectivity index (χ3n) is 6.15. The summed E-state index contributed by atoms with van der Waals surface area (Å²) in [4.78, 5) is 19.4. The Morgan fingerprint density at radius 1 is 1.15 bits per heavy atom. The highest BCUT2D eigenvalue weighted by Crippen LogP contribution is 2.41. The summed E-state index contributed by atoms with van der Waals surface area (Å²) in [6, 6.07) is 19.8. The number of aryl methyl sites for hydroxylation is 1. The summed E-state index contributed by atoms with van der Waals surface area (Å²) in [6.45, 7) is 0. The maximum atomic E-state index is 13.7. The first-order valence-corrected chi connectivity index (χ1v) is 12.3. The molecule has 2 aliphatic rings. The predicted octanol–water partition coefficient (Wildman–Crippen LogP) is 4.68. The zero-order chi connectivity index (χ0) is 22.5. The summed E-state index contributed by atoms with van der Waals surface area (Å²) < 4.78 is 14.2. The molecule has 2 aromatic carbocycles. The maximum Gasteiger partial charge on any atom is 0.271 e. The number of nitrogens with zero attached hydrogens (tertiary/aromatic N) is 2. The number of hydrogen-bond donors (Lipinski definition) is 0. The Kier molecular flexibility index (Phi) is 4.96. The zero-order valence-corrected chi connectivity index (χ0v) is 20.2. The molecule has 2 aromatic heterocycles. The van der Waals surface area contributed by atoms with Crippen molar-refractivity contribution in [3.8, 4) is 5.75 Å². The van der Waals surface area contributed by atoms with E-state index in [0.717, 1.165) is 35.4 Å². The average Bonchev–Trinajstić information content (AvgIpc) is 3.40. The third-order valence-corrected chi connectivity index (χ3v) is 7.56. The van der Waals surface area contributed by atoms with Gasteiger partial charge in [-0.05, 0) is 69.7 Å². The molecule has 0 amide bonds. The smallest absolute Gasteiger partial charge is 0.271 e. The minimum absolute atomic E-state index is 0.0653. The monoisotopic (exact) mass is 518 g/mol. The lowest BCUT2D eigenvalue weighted by atomic mass is 9.83. The fraction of sp³-hybridized carbons (Fsp3) is 0.154. The number of fused-ring (bicyclic) bond motifs is 3. The second kappa shape index (κ2) is 8.01. The SMILES string of the molecule is COc1cccc([C@H]2C3=C(N=c4s/c(=C/c5ccc(Br)o5)c(=O)n42)c2ccccc2CC3)c1. The second-order valence-electron chi connectivity index (χ2n) is 8.03. The van der Waals surface area contributed by atoms with Crippen molar-refractivity contribution in [1.29, 1.82) is 0 Å². The Morgan fingerprint density at radius 2 is 2.03 bits per heavy atom. The Balaban J connectivity index is 1.64. The van der Waals surface area contributed by atoms with Crippen LogP contribution in [0.2, 0.25) is 0 Å². The molecule has 1 aliphatic heterocycles. The topological polar surface area (TPSA) is 56.7 Å². The van der Waals surface area contributed by atoms with Crippen LogP contribution in [0.25, 0.3) is 11.8 Å². The molecule has 0 saturated heterocycles. The molecule has 0 fully saturated rings. The van der Waals surface area contributed by atoms with Crippen LogP contribution in [0.3, 0.4) is 0 Å². The van der Waals surface area contributed by atoms with Crippen LogP contribution in [0.4, 0.5) is 0 Å². The summed E-state index contributed by atoms with van der Waals surface area (Å²) in [5.41, 5.74) is 5.55. The van der Waals surface area contributed by atoms with Crippen molar-refractivity contribution in [3.05, 3.63) is 113 Å². The van der Waals surface area contributed by atoms with Gasteiger partial charge in [0.15, 0.2) is 9.47 Å². The van der Waals surface area contributed by atoms with Crippen LogP contribution in [0.5, 0.6) is 5.75 Å². The van der Waals surface area contributed by atoms with E-state index in [4.69, 9.17) is 14.1 Å². The minimum Gasteiger partial charge on any atom is -0.497 e. The van der Waals surface area contributed by atoms with Crippen LogP contribution in [-0.2, 0) is 6.42 Å². The number of rotatable bonds is 3. The lowest BCUT2D eigenvalue weighted by molar-refractivity contribution is 0.413. The van der Waals surface area contributed by atoms with Crippen molar-refractivity contribution < 1.29 is 9.15 Å². The zero-order valence-electron chi connectivity index (χ0n) is 17.7. The van der Waals surface area contributed by atoms with Crippen molar-refractivity contribution in [2.75, 3.05) is 7.11 Å². The lowest BCUT2D eigenvalue weighted by Crippen LogP contribution is -2.38. The van der Waals surface area contributed by atoms with Gasteiger partial charge in [0, 0.05) is 11.6 Å². The highest BCUT2D eigenvalue weighted by atomic mass is 79.9. The molecule has 7 heteroatoms. The molecule has 164 valence electrons. The Labute approximate surface area is 202 Å². The summed E-state index contributed by atoms with van der Waals surface area (Å²) in [5, 5.41) is 0.